The summed E-state index contributed by atoms with van der Waals surface area (Å²) in [7, 11) is 1.64. The highest BCUT2D eigenvalue weighted by molar-refractivity contribution is 5.83. The Kier molecular flexibility index (Phi) is 3.71. The second-order valence-corrected chi connectivity index (χ2v) is 5.90. The molecule has 2 rings (SSSR count). The largest absolute Gasteiger partial charge is 0.497 e. The topological polar surface area (TPSA) is 39.4 Å². The molecule has 0 spiro atoms. The van der Waals surface area contributed by atoms with Crippen LogP contribution in [0.1, 0.15) is 31.9 Å². The molecule has 0 bridgehead atoms. The van der Waals surface area contributed by atoms with Crippen molar-refractivity contribution in [2.45, 2.75) is 32.6 Å². The van der Waals surface area contributed by atoms with Crippen LogP contribution < -0.4 is 10.4 Å². The number of ether oxygens (including phenoxy) is 1. The van der Waals surface area contributed by atoms with E-state index in [1.165, 1.54) is 0 Å². The fourth-order valence-electron chi connectivity index (χ4n) is 2.22. The van der Waals surface area contributed by atoms with Crippen molar-refractivity contribution in [3.8, 4) is 5.75 Å². The van der Waals surface area contributed by atoms with Gasteiger partial charge in [0.25, 0.3) is 0 Å². The van der Waals surface area contributed by atoms with E-state index in [0.29, 0.717) is 17.6 Å². The van der Waals surface area contributed by atoms with Crippen molar-refractivity contribution in [2.75, 3.05) is 7.11 Å². The summed E-state index contributed by atoms with van der Waals surface area (Å²) in [5, 5.41) is 0.880. The summed E-state index contributed by atoms with van der Waals surface area (Å²) in [5.74, 6) is 0.765. The van der Waals surface area contributed by atoms with Gasteiger partial charge in [-0.25, -0.2) is 4.79 Å². The predicted octanol–water partition coefficient (Wildman–Crippen LogP) is 3.83. The number of hydrogen-bond donors (Lipinski definition) is 0. The standard InChI is InChI=1S/C17H20O3/c1-6-7-11-8-12-9-13(19-5)10-14(17(2,3)4)15(12)20-16(11)18/h6,8-10H,1,7H2,2-5H3. The molecule has 3 heteroatoms. The number of rotatable bonds is 3. The first-order valence-corrected chi connectivity index (χ1v) is 6.63. The van der Waals surface area contributed by atoms with Crippen LogP contribution >= 0.6 is 0 Å². The zero-order chi connectivity index (χ0) is 14.9. The van der Waals surface area contributed by atoms with Crippen molar-refractivity contribution in [1.29, 1.82) is 0 Å². The van der Waals surface area contributed by atoms with Gasteiger partial charge in [0.1, 0.15) is 11.3 Å². The van der Waals surface area contributed by atoms with Crippen LogP contribution in [0.15, 0.2) is 40.1 Å². The average Bonchev–Trinajstić information content (AvgIpc) is 2.37. The van der Waals surface area contributed by atoms with Crippen LogP contribution in [-0.4, -0.2) is 7.11 Å². The van der Waals surface area contributed by atoms with Gasteiger partial charge >= 0.3 is 5.63 Å². The van der Waals surface area contributed by atoms with Gasteiger partial charge in [0, 0.05) is 16.5 Å². The summed E-state index contributed by atoms with van der Waals surface area (Å²) in [6, 6.07) is 5.68. The summed E-state index contributed by atoms with van der Waals surface area (Å²) < 4.78 is 10.9. The Morgan fingerprint density at radius 3 is 2.55 bits per heavy atom. The van der Waals surface area contributed by atoms with Crippen molar-refractivity contribution < 1.29 is 9.15 Å². The third-order valence-electron chi connectivity index (χ3n) is 3.29. The zero-order valence-electron chi connectivity index (χ0n) is 12.4. The minimum absolute atomic E-state index is 0.136. The van der Waals surface area contributed by atoms with Gasteiger partial charge in [0.15, 0.2) is 0 Å². The average molecular weight is 272 g/mol. The maximum absolute atomic E-state index is 12.0. The van der Waals surface area contributed by atoms with Gasteiger partial charge in [-0.2, -0.15) is 0 Å². The summed E-state index contributed by atoms with van der Waals surface area (Å²) in [6.45, 7) is 9.91. The Balaban J connectivity index is 2.83. The molecular formula is C17H20O3. The van der Waals surface area contributed by atoms with E-state index in [-0.39, 0.29) is 11.0 Å². The SMILES string of the molecule is C=CCc1cc2cc(OC)cc(C(C)(C)C)c2oc1=O. The zero-order valence-corrected chi connectivity index (χ0v) is 12.4. The lowest BCUT2D eigenvalue weighted by Gasteiger charge is -2.21. The number of methoxy groups -OCH3 is 1. The van der Waals surface area contributed by atoms with Crippen LogP contribution in [0.3, 0.4) is 0 Å². The maximum Gasteiger partial charge on any atom is 0.339 e. The van der Waals surface area contributed by atoms with Gasteiger partial charge in [-0.3, -0.25) is 0 Å². The quantitative estimate of drug-likeness (QED) is 0.629. The lowest BCUT2D eigenvalue weighted by molar-refractivity contribution is 0.412. The second kappa shape index (κ2) is 5.16. The fourth-order valence-corrected chi connectivity index (χ4v) is 2.22. The minimum Gasteiger partial charge on any atom is -0.497 e. The lowest BCUT2D eigenvalue weighted by Crippen LogP contribution is -2.14. The van der Waals surface area contributed by atoms with Gasteiger partial charge in [0.05, 0.1) is 7.11 Å². The van der Waals surface area contributed by atoms with Gasteiger partial charge in [-0.1, -0.05) is 26.8 Å². The van der Waals surface area contributed by atoms with E-state index in [9.17, 15) is 4.79 Å². The van der Waals surface area contributed by atoms with E-state index in [1.807, 2.05) is 18.2 Å². The number of fused-ring (bicyclic) bond motifs is 1. The molecule has 0 radical (unpaired) electrons. The number of hydrogen-bond acceptors (Lipinski definition) is 3. The molecule has 0 fully saturated rings. The summed E-state index contributed by atoms with van der Waals surface area (Å²) >= 11 is 0. The highest BCUT2D eigenvalue weighted by Crippen LogP contribution is 2.33. The molecule has 2 aromatic rings. The molecule has 0 unspecified atom stereocenters. The highest BCUT2D eigenvalue weighted by atomic mass is 16.5. The smallest absolute Gasteiger partial charge is 0.339 e. The van der Waals surface area contributed by atoms with E-state index in [0.717, 1.165) is 16.7 Å². The molecule has 106 valence electrons. The third kappa shape index (κ3) is 2.62. The van der Waals surface area contributed by atoms with Crippen molar-refractivity contribution in [3.05, 3.63) is 52.4 Å². The van der Waals surface area contributed by atoms with E-state index >= 15 is 0 Å². The Labute approximate surface area is 118 Å². The van der Waals surface area contributed by atoms with E-state index in [2.05, 4.69) is 27.4 Å². The molecule has 0 aliphatic carbocycles. The van der Waals surface area contributed by atoms with Crippen molar-refractivity contribution in [2.24, 2.45) is 0 Å². The Morgan fingerprint density at radius 1 is 1.30 bits per heavy atom. The molecule has 0 amide bonds. The third-order valence-corrected chi connectivity index (χ3v) is 3.29. The van der Waals surface area contributed by atoms with Crippen molar-refractivity contribution in [3.63, 3.8) is 0 Å². The molecular weight excluding hydrogens is 252 g/mol. The minimum atomic E-state index is -0.298. The predicted molar refractivity (Wildman–Crippen MR) is 81.6 cm³/mol. The first kappa shape index (κ1) is 14.4. The second-order valence-electron chi connectivity index (χ2n) is 5.90. The molecule has 0 N–H and O–H groups in total. The molecule has 0 saturated carbocycles. The van der Waals surface area contributed by atoms with E-state index in [4.69, 9.17) is 9.15 Å². The molecule has 3 nitrogen and oxygen atoms in total. The van der Waals surface area contributed by atoms with Gasteiger partial charge in [-0.15, -0.1) is 6.58 Å². The molecule has 0 atom stereocenters. The molecule has 1 aromatic heterocycles. The van der Waals surface area contributed by atoms with Crippen LogP contribution in [-0.2, 0) is 11.8 Å². The van der Waals surface area contributed by atoms with Crippen LogP contribution in [0, 0.1) is 0 Å². The molecule has 20 heavy (non-hydrogen) atoms. The molecule has 1 heterocycles. The Bertz CT molecular complexity index is 702. The maximum atomic E-state index is 12.0. The molecule has 0 aliphatic heterocycles. The van der Waals surface area contributed by atoms with Crippen molar-refractivity contribution in [1.82, 2.24) is 0 Å². The number of allylic oxidation sites excluding steroid dienone is 1. The van der Waals surface area contributed by atoms with Crippen LogP contribution in [0.5, 0.6) is 5.75 Å². The monoisotopic (exact) mass is 272 g/mol. The first-order valence-electron chi connectivity index (χ1n) is 6.63. The Hall–Kier alpha value is -2.03. The number of benzene rings is 1. The van der Waals surface area contributed by atoms with Crippen LogP contribution in [0.4, 0.5) is 0 Å². The fraction of sp³-hybridized carbons (Fsp3) is 0.353. The van der Waals surface area contributed by atoms with E-state index < -0.39 is 0 Å². The van der Waals surface area contributed by atoms with Crippen LogP contribution in [0.2, 0.25) is 0 Å². The Morgan fingerprint density at radius 2 is 2.00 bits per heavy atom. The van der Waals surface area contributed by atoms with Gasteiger partial charge in [-0.05, 0) is 30.0 Å². The van der Waals surface area contributed by atoms with E-state index in [1.54, 1.807) is 13.2 Å². The molecule has 0 saturated heterocycles. The summed E-state index contributed by atoms with van der Waals surface area (Å²) in [5.41, 5.74) is 1.78. The van der Waals surface area contributed by atoms with Gasteiger partial charge < -0.3 is 9.15 Å². The first-order chi connectivity index (χ1) is 9.36. The summed E-state index contributed by atoms with van der Waals surface area (Å²) in [4.78, 5) is 12.0. The molecule has 1 aromatic carbocycles. The molecule has 0 aliphatic rings. The highest BCUT2D eigenvalue weighted by Gasteiger charge is 2.21. The normalized spacial score (nSPS) is 11.6. The van der Waals surface area contributed by atoms with Gasteiger partial charge in [0.2, 0.25) is 0 Å². The van der Waals surface area contributed by atoms with Crippen LogP contribution in [0.25, 0.3) is 11.0 Å². The summed E-state index contributed by atoms with van der Waals surface area (Å²) in [6.07, 6.45) is 2.20. The van der Waals surface area contributed by atoms with Crippen molar-refractivity contribution >= 4 is 11.0 Å². The lowest BCUT2D eigenvalue weighted by atomic mass is 9.85.